The minimum absolute atomic E-state index is 0.0202. The zero-order chi connectivity index (χ0) is 8.97. The van der Waals surface area contributed by atoms with Gasteiger partial charge in [0.2, 0.25) is 5.91 Å². The van der Waals surface area contributed by atoms with Gasteiger partial charge >= 0.3 is 0 Å². The van der Waals surface area contributed by atoms with Crippen LogP contribution in [0.5, 0.6) is 0 Å². The number of halogens is 1. The van der Waals surface area contributed by atoms with E-state index < -0.39 is 0 Å². The van der Waals surface area contributed by atoms with E-state index in [1.54, 1.807) is 12.3 Å². The number of nitrogens with two attached hydrogens (primary N) is 1. The quantitative estimate of drug-likeness (QED) is 0.777. The molecular formula is C7H8IN3O. The lowest BCUT2D eigenvalue weighted by atomic mass is 10.4. The third-order valence-corrected chi connectivity index (χ3v) is 1.82. The number of pyridine rings is 1. The maximum Gasteiger partial charge on any atom is 0.239 e. The van der Waals surface area contributed by atoms with Crippen molar-refractivity contribution in [2.24, 2.45) is 5.73 Å². The molecule has 12 heavy (non-hydrogen) atoms. The molecule has 4 nitrogen and oxygen atoms in total. The van der Waals surface area contributed by atoms with Crippen LogP contribution in [0.15, 0.2) is 18.3 Å². The molecule has 0 aliphatic carbocycles. The van der Waals surface area contributed by atoms with Crippen molar-refractivity contribution in [2.45, 2.75) is 0 Å². The fraction of sp³-hybridized carbons (Fsp3) is 0.143. The highest BCUT2D eigenvalue weighted by Gasteiger charge is 1.98. The number of aromatic nitrogens is 1. The lowest BCUT2D eigenvalue weighted by Gasteiger charge is -2.00. The van der Waals surface area contributed by atoms with Crippen molar-refractivity contribution in [1.29, 1.82) is 0 Å². The summed E-state index contributed by atoms with van der Waals surface area (Å²) in [6.45, 7) is -0.0202. The summed E-state index contributed by atoms with van der Waals surface area (Å²) in [5, 5.41) is 2.54. The third-order valence-electron chi connectivity index (χ3n) is 1.18. The van der Waals surface area contributed by atoms with Crippen molar-refractivity contribution in [2.75, 3.05) is 11.9 Å². The molecule has 0 saturated carbocycles. The Balaban J connectivity index is 2.64. The molecule has 0 atom stereocenters. The van der Waals surface area contributed by atoms with E-state index in [0.717, 1.165) is 3.57 Å². The molecular weight excluding hydrogens is 269 g/mol. The molecule has 0 spiro atoms. The first kappa shape index (κ1) is 9.40. The van der Waals surface area contributed by atoms with Gasteiger partial charge in [-0.3, -0.25) is 4.79 Å². The summed E-state index contributed by atoms with van der Waals surface area (Å²) in [6, 6.07) is 3.59. The van der Waals surface area contributed by atoms with E-state index in [1.165, 1.54) is 0 Å². The smallest absolute Gasteiger partial charge is 0.239 e. The van der Waals surface area contributed by atoms with Gasteiger partial charge in [0.15, 0.2) is 0 Å². The van der Waals surface area contributed by atoms with Gasteiger partial charge in [0.1, 0.15) is 5.82 Å². The molecule has 1 rings (SSSR count). The maximum absolute atomic E-state index is 10.8. The molecule has 0 bridgehead atoms. The molecule has 0 fully saturated rings. The largest absolute Gasteiger partial charge is 0.322 e. The molecule has 5 heteroatoms. The first-order chi connectivity index (χ1) is 5.72. The zero-order valence-corrected chi connectivity index (χ0v) is 8.41. The molecule has 1 aromatic rings. The normalized spacial score (nSPS) is 9.50. The van der Waals surface area contributed by atoms with Crippen molar-refractivity contribution in [3.63, 3.8) is 0 Å². The van der Waals surface area contributed by atoms with Crippen LogP contribution in [0.1, 0.15) is 0 Å². The predicted octanol–water partition coefficient (Wildman–Crippen LogP) is 0.583. The van der Waals surface area contributed by atoms with Crippen LogP contribution in [0.2, 0.25) is 0 Å². The van der Waals surface area contributed by atoms with Crippen molar-refractivity contribution < 1.29 is 4.79 Å². The van der Waals surface area contributed by atoms with Crippen LogP contribution in [0.25, 0.3) is 0 Å². The molecule has 3 N–H and O–H groups in total. The number of hydrogen-bond donors (Lipinski definition) is 2. The van der Waals surface area contributed by atoms with Crippen LogP contribution in [-0.2, 0) is 4.79 Å². The summed E-state index contributed by atoms with van der Waals surface area (Å²) in [7, 11) is 0. The second-order valence-electron chi connectivity index (χ2n) is 2.11. The number of carbonyl (C=O) groups excluding carboxylic acids is 1. The van der Waals surface area contributed by atoms with Crippen molar-refractivity contribution in [3.8, 4) is 0 Å². The Bertz CT molecular complexity index is 272. The molecule has 0 aliphatic heterocycles. The molecule has 0 aromatic carbocycles. The van der Waals surface area contributed by atoms with Crippen molar-refractivity contribution in [1.82, 2.24) is 4.98 Å². The number of amides is 1. The molecule has 1 heterocycles. The summed E-state index contributed by atoms with van der Waals surface area (Å²) < 4.78 is 1.03. The highest BCUT2D eigenvalue weighted by Crippen LogP contribution is 2.06. The van der Waals surface area contributed by atoms with E-state index in [9.17, 15) is 4.79 Å². The first-order valence-electron chi connectivity index (χ1n) is 3.34. The highest BCUT2D eigenvalue weighted by molar-refractivity contribution is 14.1. The lowest BCUT2D eigenvalue weighted by molar-refractivity contribution is -0.114. The van der Waals surface area contributed by atoms with E-state index in [-0.39, 0.29) is 12.5 Å². The topological polar surface area (TPSA) is 68.0 Å². The maximum atomic E-state index is 10.8. The first-order valence-corrected chi connectivity index (χ1v) is 4.41. The Hall–Kier alpha value is -0.690. The fourth-order valence-corrected chi connectivity index (χ4v) is 0.963. The van der Waals surface area contributed by atoms with Gasteiger partial charge in [-0.25, -0.2) is 4.98 Å². The van der Waals surface area contributed by atoms with Gasteiger partial charge in [-0.2, -0.15) is 0 Å². The second-order valence-corrected chi connectivity index (χ2v) is 3.36. The lowest BCUT2D eigenvalue weighted by Crippen LogP contribution is -2.22. The molecule has 0 saturated heterocycles. The Morgan fingerprint density at radius 3 is 2.92 bits per heavy atom. The van der Waals surface area contributed by atoms with Gasteiger partial charge in [-0.15, -0.1) is 0 Å². The minimum Gasteiger partial charge on any atom is -0.322 e. The summed E-state index contributed by atoms with van der Waals surface area (Å²) in [5.41, 5.74) is 5.11. The standard InChI is InChI=1S/C7H8IN3O/c8-5-1-2-6(10-4-5)11-7(12)3-9/h1-2,4H,3,9H2,(H,10,11,12). The monoisotopic (exact) mass is 277 g/mol. The number of nitrogens with one attached hydrogen (secondary N) is 1. The van der Waals surface area contributed by atoms with Crippen molar-refractivity contribution >= 4 is 34.3 Å². The summed E-state index contributed by atoms with van der Waals surface area (Å²) in [6.07, 6.45) is 1.67. The van der Waals surface area contributed by atoms with Gasteiger partial charge in [-0.1, -0.05) is 0 Å². The molecule has 0 aliphatic rings. The Labute approximate surface area is 83.7 Å². The fourth-order valence-electron chi connectivity index (χ4n) is 0.644. The van der Waals surface area contributed by atoms with Gasteiger partial charge < -0.3 is 11.1 Å². The van der Waals surface area contributed by atoms with Crippen LogP contribution in [0, 0.1) is 3.57 Å². The Morgan fingerprint density at radius 2 is 2.42 bits per heavy atom. The number of hydrogen-bond acceptors (Lipinski definition) is 3. The number of carbonyl (C=O) groups is 1. The zero-order valence-electron chi connectivity index (χ0n) is 6.25. The van der Waals surface area contributed by atoms with Crippen LogP contribution >= 0.6 is 22.6 Å². The number of rotatable bonds is 2. The summed E-state index contributed by atoms with van der Waals surface area (Å²) in [4.78, 5) is 14.8. The second kappa shape index (κ2) is 4.36. The number of nitrogens with zero attached hydrogens (tertiary/aromatic N) is 1. The molecule has 1 amide bonds. The Morgan fingerprint density at radius 1 is 1.67 bits per heavy atom. The highest BCUT2D eigenvalue weighted by atomic mass is 127. The van der Waals surface area contributed by atoms with Crippen LogP contribution < -0.4 is 11.1 Å². The van der Waals surface area contributed by atoms with Crippen LogP contribution in [0.3, 0.4) is 0 Å². The van der Waals surface area contributed by atoms with E-state index in [4.69, 9.17) is 5.73 Å². The van der Waals surface area contributed by atoms with Gasteiger partial charge in [-0.05, 0) is 34.7 Å². The van der Waals surface area contributed by atoms with Crippen molar-refractivity contribution in [3.05, 3.63) is 21.9 Å². The molecule has 64 valence electrons. The average Bonchev–Trinajstić information content (AvgIpc) is 2.09. The van der Waals surface area contributed by atoms with Crippen LogP contribution in [-0.4, -0.2) is 17.4 Å². The van der Waals surface area contributed by atoms with Gasteiger partial charge in [0.05, 0.1) is 6.54 Å². The van der Waals surface area contributed by atoms with E-state index in [1.807, 2.05) is 6.07 Å². The summed E-state index contributed by atoms with van der Waals surface area (Å²) in [5.74, 6) is 0.301. The van der Waals surface area contributed by atoms with Crippen LogP contribution in [0.4, 0.5) is 5.82 Å². The molecule has 0 radical (unpaired) electrons. The average molecular weight is 277 g/mol. The molecule has 0 unspecified atom stereocenters. The third kappa shape index (κ3) is 2.74. The summed E-state index contributed by atoms with van der Waals surface area (Å²) >= 11 is 2.14. The van der Waals surface area contributed by atoms with Gasteiger partial charge in [0.25, 0.3) is 0 Å². The van der Waals surface area contributed by atoms with E-state index >= 15 is 0 Å². The van der Waals surface area contributed by atoms with E-state index in [0.29, 0.717) is 5.82 Å². The predicted molar refractivity (Wildman–Crippen MR) is 54.6 cm³/mol. The van der Waals surface area contributed by atoms with Gasteiger partial charge in [0, 0.05) is 9.77 Å². The number of anilines is 1. The molecule has 1 aromatic heterocycles. The SMILES string of the molecule is NCC(=O)Nc1ccc(I)cn1. The minimum atomic E-state index is -0.233. The van der Waals surface area contributed by atoms with E-state index in [2.05, 4.69) is 32.9 Å². The Kier molecular flexibility index (Phi) is 3.42.